The van der Waals surface area contributed by atoms with Crippen molar-refractivity contribution in [1.29, 1.82) is 0 Å². The molecule has 4 rings (SSSR count). The number of fused-ring (bicyclic) bond motifs is 1. The van der Waals surface area contributed by atoms with Gasteiger partial charge < -0.3 is 19.7 Å². The fourth-order valence-corrected chi connectivity index (χ4v) is 4.27. The number of nitrogens with one attached hydrogen (secondary N) is 1. The second-order valence-corrected chi connectivity index (χ2v) is 9.89. The third-order valence-corrected chi connectivity index (χ3v) is 6.38. The minimum atomic E-state index is -1.91. The maximum atomic E-state index is 13.9. The number of carbonyl (C=O) groups is 2. The standard InChI is InChI=1S/C27H25ClF2N4O6/c1-27(2,39)25(37)34-20-10-15(4-7-19(20)33(26(34)38)22(35)12-31-3)13-32-9-8-21(23(28)24(32)36)40-14-16-5-6-17(29)11-18(16)30/h4-11,31,39H,12-14H2,1-3H3. The van der Waals surface area contributed by atoms with E-state index in [1.165, 1.54) is 55.9 Å². The van der Waals surface area contributed by atoms with Gasteiger partial charge in [0.15, 0.2) is 0 Å². The molecule has 0 spiro atoms. The number of aliphatic hydroxyl groups is 1. The lowest BCUT2D eigenvalue weighted by atomic mass is 10.1. The summed E-state index contributed by atoms with van der Waals surface area (Å²) >= 11 is 6.22. The van der Waals surface area contributed by atoms with E-state index in [1.807, 2.05) is 0 Å². The maximum absolute atomic E-state index is 13.9. The van der Waals surface area contributed by atoms with Crippen molar-refractivity contribution >= 4 is 34.4 Å². The number of carbonyl (C=O) groups excluding carboxylic acids is 2. The highest BCUT2D eigenvalue weighted by atomic mass is 35.5. The van der Waals surface area contributed by atoms with Crippen molar-refractivity contribution in [3.63, 3.8) is 0 Å². The highest BCUT2D eigenvalue weighted by Gasteiger charge is 2.31. The summed E-state index contributed by atoms with van der Waals surface area (Å²) in [6, 6.07) is 8.93. The Labute approximate surface area is 231 Å². The molecule has 2 N–H and O–H groups in total. The van der Waals surface area contributed by atoms with Gasteiger partial charge >= 0.3 is 5.69 Å². The first kappa shape index (κ1) is 28.9. The van der Waals surface area contributed by atoms with Crippen LogP contribution in [-0.2, 0) is 13.2 Å². The Hall–Kier alpha value is -4.13. The van der Waals surface area contributed by atoms with Crippen molar-refractivity contribution in [1.82, 2.24) is 19.0 Å². The smallest absolute Gasteiger partial charge is 0.342 e. The summed E-state index contributed by atoms with van der Waals surface area (Å²) in [6.07, 6.45) is 1.39. The van der Waals surface area contributed by atoms with Gasteiger partial charge in [-0.15, -0.1) is 0 Å². The van der Waals surface area contributed by atoms with E-state index in [4.69, 9.17) is 16.3 Å². The number of aromatic nitrogens is 3. The van der Waals surface area contributed by atoms with E-state index >= 15 is 0 Å². The number of hydrogen-bond acceptors (Lipinski definition) is 7. The van der Waals surface area contributed by atoms with Crippen LogP contribution in [0.15, 0.2) is 58.3 Å². The highest BCUT2D eigenvalue weighted by Crippen LogP contribution is 2.23. The van der Waals surface area contributed by atoms with Crippen molar-refractivity contribution in [2.24, 2.45) is 0 Å². The lowest BCUT2D eigenvalue weighted by Gasteiger charge is -2.16. The summed E-state index contributed by atoms with van der Waals surface area (Å²) < 4.78 is 35.3. The monoisotopic (exact) mass is 574 g/mol. The molecule has 10 nitrogen and oxygen atoms in total. The molecule has 0 radical (unpaired) electrons. The largest absolute Gasteiger partial charge is 0.487 e. The number of nitrogens with zero attached hydrogens (tertiary/aromatic N) is 3. The summed E-state index contributed by atoms with van der Waals surface area (Å²) in [4.78, 5) is 51.6. The Balaban J connectivity index is 1.69. The second kappa shape index (κ2) is 11.2. The van der Waals surface area contributed by atoms with Crippen LogP contribution in [0.4, 0.5) is 8.78 Å². The van der Waals surface area contributed by atoms with Crippen LogP contribution in [-0.4, -0.2) is 49.8 Å². The summed E-state index contributed by atoms with van der Waals surface area (Å²) in [7, 11) is 1.53. The van der Waals surface area contributed by atoms with Gasteiger partial charge in [0.05, 0.1) is 24.1 Å². The Morgan fingerprint density at radius 2 is 1.77 bits per heavy atom. The van der Waals surface area contributed by atoms with Gasteiger partial charge in [0.2, 0.25) is 5.91 Å². The topological polar surface area (TPSA) is 125 Å². The van der Waals surface area contributed by atoms with Gasteiger partial charge in [-0.3, -0.25) is 14.4 Å². The first-order chi connectivity index (χ1) is 18.8. The highest BCUT2D eigenvalue weighted by molar-refractivity contribution is 6.31. The number of rotatable bonds is 8. The molecule has 40 heavy (non-hydrogen) atoms. The van der Waals surface area contributed by atoms with E-state index in [0.717, 1.165) is 15.2 Å². The van der Waals surface area contributed by atoms with Crippen LogP contribution in [0, 0.1) is 11.6 Å². The van der Waals surface area contributed by atoms with Crippen LogP contribution in [0.5, 0.6) is 5.75 Å². The predicted octanol–water partition coefficient (Wildman–Crippen LogP) is 2.79. The molecule has 0 amide bonds. The minimum absolute atomic E-state index is 0.00757. The number of benzene rings is 2. The summed E-state index contributed by atoms with van der Waals surface area (Å²) in [5, 5.41) is 12.7. The lowest BCUT2D eigenvalue weighted by molar-refractivity contribution is 0.0392. The van der Waals surface area contributed by atoms with E-state index in [-0.39, 0.29) is 47.1 Å². The Morgan fingerprint density at radius 1 is 1.05 bits per heavy atom. The quantitative estimate of drug-likeness (QED) is 0.332. The predicted molar refractivity (Wildman–Crippen MR) is 143 cm³/mol. The zero-order valence-corrected chi connectivity index (χ0v) is 22.5. The molecule has 0 unspecified atom stereocenters. The van der Waals surface area contributed by atoms with Crippen molar-refractivity contribution in [2.45, 2.75) is 32.6 Å². The summed E-state index contributed by atoms with van der Waals surface area (Å²) in [6.45, 7) is 1.94. The molecule has 0 bridgehead atoms. The molecular formula is C27H25ClF2N4O6. The first-order valence-corrected chi connectivity index (χ1v) is 12.4. The molecule has 4 aromatic rings. The fraction of sp³-hybridized carbons (Fsp3) is 0.259. The van der Waals surface area contributed by atoms with Crippen LogP contribution >= 0.6 is 11.6 Å². The fourth-order valence-electron chi connectivity index (χ4n) is 4.04. The van der Waals surface area contributed by atoms with Gasteiger partial charge in [0.1, 0.15) is 34.6 Å². The van der Waals surface area contributed by atoms with E-state index < -0.39 is 40.3 Å². The zero-order valence-electron chi connectivity index (χ0n) is 21.7. The van der Waals surface area contributed by atoms with Gasteiger partial charge in [-0.25, -0.2) is 22.7 Å². The molecule has 2 aromatic heterocycles. The SMILES string of the molecule is CNCC(=O)n1c(=O)n(C(=O)C(C)(C)O)c2cc(Cn3ccc(OCc4ccc(F)cc4F)c(Cl)c3=O)ccc21. The van der Waals surface area contributed by atoms with Gasteiger partial charge in [-0.1, -0.05) is 17.7 Å². The summed E-state index contributed by atoms with van der Waals surface area (Å²) in [5.74, 6) is -3.08. The second-order valence-electron chi connectivity index (χ2n) is 9.52. The first-order valence-electron chi connectivity index (χ1n) is 12.0. The molecule has 210 valence electrons. The lowest BCUT2D eigenvalue weighted by Crippen LogP contribution is -2.43. The number of likely N-dealkylation sites (N-methyl/N-ethyl adjacent to an activating group) is 1. The minimum Gasteiger partial charge on any atom is -0.487 e. The normalized spacial score (nSPS) is 11.7. The number of halogens is 3. The molecule has 0 aliphatic rings. The van der Waals surface area contributed by atoms with Gasteiger partial charge in [-0.2, -0.15) is 0 Å². The maximum Gasteiger partial charge on any atom is 0.342 e. The molecule has 0 fully saturated rings. The van der Waals surface area contributed by atoms with Gasteiger partial charge in [0, 0.05) is 17.8 Å². The van der Waals surface area contributed by atoms with Gasteiger partial charge in [0.25, 0.3) is 11.5 Å². The molecule has 2 aromatic carbocycles. The Kier molecular flexibility index (Phi) is 8.05. The van der Waals surface area contributed by atoms with Crippen molar-refractivity contribution in [2.75, 3.05) is 13.6 Å². The third kappa shape index (κ3) is 5.60. The van der Waals surface area contributed by atoms with Crippen LogP contribution < -0.4 is 21.3 Å². The molecule has 0 atom stereocenters. The number of pyridine rings is 1. The van der Waals surface area contributed by atoms with Gasteiger partial charge in [-0.05, 0) is 56.8 Å². The molecule has 0 aliphatic heterocycles. The number of ether oxygens (including phenoxy) is 1. The van der Waals surface area contributed by atoms with E-state index in [9.17, 15) is 33.1 Å². The number of imidazole rings is 1. The van der Waals surface area contributed by atoms with E-state index in [1.54, 1.807) is 6.07 Å². The van der Waals surface area contributed by atoms with Crippen LogP contribution in [0.25, 0.3) is 11.0 Å². The van der Waals surface area contributed by atoms with Crippen LogP contribution in [0.1, 0.15) is 34.6 Å². The van der Waals surface area contributed by atoms with Crippen molar-refractivity contribution in [3.8, 4) is 5.75 Å². The molecular weight excluding hydrogens is 550 g/mol. The average Bonchev–Trinajstić information content (AvgIpc) is 3.17. The van der Waals surface area contributed by atoms with Crippen molar-refractivity contribution in [3.05, 3.63) is 97.3 Å². The molecule has 0 aliphatic carbocycles. The van der Waals surface area contributed by atoms with Crippen molar-refractivity contribution < 1.29 is 28.2 Å². The third-order valence-electron chi connectivity index (χ3n) is 6.03. The molecule has 13 heteroatoms. The van der Waals surface area contributed by atoms with Crippen LogP contribution in [0.2, 0.25) is 5.02 Å². The van der Waals surface area contributed by atoms with E-state index in [2.05, 4.69) is 5.32 Å². The Bertz CT molecular complexity index is 1750. The molecule has 0 saturated carbocycles. The average molecular weight is 575 g/mol. The van der Waals surface area contributed by atoms with Crippen LogP contribution in [0.3, 0.4) is 0 Å². The summed E-state index contributed by atoms with van der Waals surface area (Å²) in [5.41, 5.74) is -2.72. The zero-order chi connectivity index (χ0) is 29.4. The number of hydrogen-bond donors (Lipinski definition) is 2. The Morgan fingerprint density at radius 3 is 2.42 bits per heavy atom. The molecule has 0 saturated heterocycles. The molecule has 2 heterocycles. The van der Waals surface area contributed by atoms with E-state index in [0.29, 0.717) is 11.6 Å².